The summed E-state index contributed by atoms with van der Waals surface area (Å²) in [6.07, 6.45) is 3.22. The Morgan fingerprint density at radius 1 is 1.33 bits per heavy atom. The van der Waals surface area contributed by atoms with Crippen LogP contribution >= 0.6 is 0 Å². The molecule has 2 aromatic rings. The second kappa shape index (κ2) is 5.97. The third-order valence-electron chi connectivity index (χ3n) is 3.44. The van der Waals surface area contributed by atoms with Gasteiger partial charge in [0.2, 0.25) is 10.0 Å². The van der Waals surface area contributed by atoms with Crippen LogP contribution in [0.15, 0.2) is 29.4 Å². The zero-order chi connectivity index (χ0) is 15.6. The van der Waals surface area contributed by atoms with Crippen molar-refractivity contribution in [1.29, 1.82) is 0 Å². The zero-order valence-corrected chi connectivity index (χ0v) is 13.0. The van der Waals surface area contributed by atoms with Crippen molar-refractivity contribution in [3.8, 4) is 0 Å². The SMILES string of the molecule is Cc1cc(C)c(S(=O)(=O)NC(C)c2cn[nH]c2)cc1CO. The summed E-state index contributed by atoms with van der Waals surface area (Å²) in [7, 11) is -3.67. The number of hydrogen-bond donors (Lipinski definition) is 3. The van der Waals surface area contributed by atoms with Crippen molar-refractivity contribution in [1.82, 2.24) is 14.9 Å². The van der Waals surface area contributed by atoms with Crippen molar-refractivity contribution in [3.05, 3.63) is 46.8 Å². The van der Waals surface area contributed by atoms with Crippen LogP contribution in [-0.4, -0.2) is 23.7 Å². The Bertz CT molecular complexity index is 724. The fraction of sp³-hybridized carbons (Fsp3) is 0.357. The largest absolute Gasteiger partial charge is 0.392 e. The Kier molecular flexibility index (Phi) is 4.46. The average molecular weight is 309 g/mol. The lowest BCUT2D eigenvalue weighted by Gasteiger charge is -2.16. The molecule has 21 heavy (non-hydrogen) atoms. The van der Waals surface area contributed by atoms with Gasteiger partial charge in [-0.25, -0.2) is 13.1 Å². The lowest BCUT2D eigenvalue weighted by molar-refractivity contribution is 0.280. The number of aliphatic hydroxyl groups excluding tert-OH is 1. The van der Waals surface area contributed by atoms with Crippen LogP contribution in [0.3, 0.4) is 0 Å². The summed E-state index contributed by atoms with van der Waals surface area (Å²) < 4.78 is 27.6. The van der Waals surface area contributed by atoms with Gasteiger partial charge in [-0.2, -0.15) is 5.10 Å². The first-order valence-corrected chi connectivity index (χ1v) is 8.05. The van der Waals surface area contributed by atoms with Crippen molar-refractivity contribution in [2.75, 3.05) is 0 Å². The van der Waals surface area contributed by atoms with Gasteiger partial charge in [-0.15, -0.1) is 0 Å². The quantitative estimate of drug-likeness (QED) is 0.781. The predicted molar refractivity (Wildman–Crippen MR) is 79.2 cm³/mol. The fourth-order valence-electron chi connectivity index (χ4n) is 2.20. The second-order valence-corrected chi connectivity index (χ2v) is 6.76. The molecular weight excluding hydrogens is 290 g/mol. The Balaban J connectivity index is 2.36. The van der Waals surface area contributed by atoms with E-state index in [0.717, 1.165) is 11.1 Å². The highest BCUT2D eigenvalue weighted by atomic mass is 32.2. The number of nitrogens with zero attached hydrogens (tertiary/aromatic N) is 1. The molecule has 0 saturated heterocycles. The summed E-state index contributed by atoms with van der Waals surface area (Å²) in [5.74, 6) is 0. The summed E-state index contributed by atoms with van der Waals surface area (Å²) in [6, 6.07) is 2.89. The molecule has 1 heterocycles. The van der Waals surface area contributed by atoms with Gasteiger partial charge in [0.1, 0.15) is 0 Å². The van der Waals surface area contributed by atoms with E-state index in [4.69, 9.17) is 0 Å². The molecule has 114 valence electrons. The van der Waals surface area contributed by atoms with Gasteiger partial charge in [0.05, 0.1) is 17.7 Å². The van der Waals surface area contributed by atoms with E-state index < -0.39 is 16.1 Å². The van der Waals surface area contributed by atoms with E-state index in [0.29, 0.717) is 11.1 Å². The Morgan fingerprint density at radius 2 is 2.05 bits per heavy atom. The first-order valence-electron chi connectivity index (χ1n) is 6.57. The van der Waals surface area contributed by atoms with Gasteiger partial charge >= 0.3 is 0 Å². The number of aryl methyl sites for hydroxylation is 2. The van der Waals surface area contributed by atoms with Crippen LogP contribution in [0.4, 0.5) is 0 Å². The summed E-state index contributed by atoms with van der Waals surface area (Å²) in [5, 5.41) is 15.8. The van der Waals surface area contributed by atoms with E-state index in [9.17, 15) is 13.5 Å². The third kappa shape index (κ3) is 3.31. The molecule has 1 aromatic heterocycles. The summed E-state index contributed by atoms with van der Waals surface area (Å²) in [5.41, 5.74) is 2.89. The highest BCUT2D eigenvalue weighted by molar-refractivity contribution is 7.89. The normalized spacial score (nSPS) is 13.3. The number of aromatic amines is 1. The lowest BCUT2D eigenvalue weighted by Crippen LogP contribution is -2.27. The maximum Gasteiger partial charge on any atom is 0.241 e. The molecule has 0 bridgehead atoms. The average Bonchev–Trinajstić information content (AvgIpc) is 2.91. The number of sulfonamides is 1. The van der Waals surface area contributed by atoms with Crippen molar-refractivity contribution >= 4 is 10.0 Å². The number of benzene rings is 1. The van der Waals surface area contributed by atoms with E-state index in [-0.39, 0.29) is 11.5 Å². The Labute approximate surface area is 124 Å². The number of aromatic nitrogens is 2. The molecule has 0 fully saturated rings. The summed E-state index contributed by atoms with van der Waals surface area (Å²) in [6.45, 7) is 5.15. The van der Waals surface area contributed by atoms with Gasteiger partial charge in [0, 0.05) is 17.8 Å². The first kappa shape index (κ1) is 15.7. The van der Waals surface area contributed by atoms with Gasteiger partial charge in [0.15, 0.2) is 0 Å². The number of nitrogens with one attached hydrogen (secondary N) is 2. The first-order chi connectivity index (χ1) is 9.85. The number of rotatable bonds is 5. The van der Waals surface area contributed by atoms with Gasteiger partial charge in [-0.05, 0) is 43.5 Å². The van der Waals surface area contributed by atoms with Crippen LogP contribution < -0.4 is 4.72 Å². The second-order valence-electron chi connectivity index (χ2n) is 5.08. The summed E-state index contributed by atoms with van der Waals surface area (Å²) in [4.78, 5) is 0.187. The monoisotopic (exact) mass is 309 g/mol. The molecule has 6 nitrogen and oxygen atoms in total. The molecule has 1 atom stereocenters. The highest BCUT2D eigenvalue weighted by Crippen LogP contribution is 2.22. The third-order valence-corrected chi connectivity index (χ3v) is 5.13. The van der Waals surface area contributed by atoms with E-state index in [1.165, 1.54) is 6.07 Å². The standard InChI is InChI=1S/C14H19N3O3S/c1-9-4-10(2)14(5-12(9)8-18)21(19,20)17-11(3)13-6-15-16-7-13/h4-7,11,17-18H,8H2,1-3H3,(H,15,16). The molecule has 0 aliphatic rings. The van der Waals surface area contributed by atoms with Gasteiger partial charge < -0.3 is 5.11 Å². The van der Waals surface area contributed by atoms with Crippen LogP contribution in [0.25, 0.3) is 0 Å². The number of H-pyrrole nitrogens is 1. The molecule has 3 N–H and O–H groups in total. The molecule has 7 heteroatoms. The number of hydrogen-bond acceptors (Lipinski definition) is 4. The maximum absolute atomic E-state index is 12.5. The topological polar surface area (TPSA) is 95.1 Å². The van der Waals surface area contributed by atoms with E-state index in [2.05, 4.69) is 14.9 Å². The van der Waals surface area contributed by atoms with Gasteiger partial charge in [0.25, 0.3) is 0 Å². The fourth-order valence-corrected chi connectivity index (χ4v) is 3.71. The van der Waals surface area contributed by atoms with Crippen LogP contribution in [0.5, 0.6) is 0 Å². The molecule has 2 rings (SSSR count). The zero-order valence-electron chi connectivity index (χ0n) is 12.2. The van der Waals surface area contributed by atoms with Crippen LogP contribution in [0.1, 0.15) is 35.2 Å². The van der Waals surface area contributed by atoms with Gasteiger partial charge in [-0.1, -0.05) is 6.07 Å². The van der Waals surface area contributed by atoms with Crippen molar-refractivity contribution in [2.24, 2.45) is 0 Å². The molecule has 0 aliphatic heterocycles. The predicted octanol–water partition coefficient (Wildman–Crippen LogP) is 1.56. The molecule has 0 amide bonds. The molecule has 0 spiro atoms. The van der Waals surface area contributed by atoms with E-state index >= 15 is 0 Å². The molecule has 1 unspecified atom stereocenters. The van der Waals surface area contributed by atoms with Crippen LogP contribution in [0, 0.1) is 13.8 Å². The van der Waals surface area contributed by atoms with E-state index in [1.807, 2.05) is 6.92 Å². The molecular formula is C14H19N3O3S. The van der Waals surface area contributed by atoms with Crippen molar-refractivity contribution < 1.29 is 13.5 Å². The van der Waals surface area contributed by atoms with Crippen molar-refractivity contribution in [2.45, 2.75) is 38.3 Å². The molecule has 1 aromatic carbocycles. The molecule has 0 radical (unpaired) electrons. The number of aliphatic hydroxyl groups is 1. The minimum absolute atomic E-state index is 0.187. The minimum Gasteiger partial charge on any atom is -0.392 e. The Hall–Kier alpha value is -1.70. The van der Waals surface area contributed by atoms with E-state index in [1.54, 1.807) is 32.3 Å². The Morgan fingerprint density at radius 3 is 2.62 bits per heavy atom. The highest BCUT2D eigenvalue weighted by Gasteiger charge is 2.21. The summed E-state index contributed by atoms with van der Waals surface area (Å²) >= 11 is 0. The minimum atomic E-state index is -3.67. The maximum atomic E-state index is 12.5. The van der Waals surface area contributed by atoms with Gasteiger partial charge in [-0.3, -0.25) is 5.10 Å². The van der Waals surface area contributed by atoms with Crippen molar-refractivity contribution in [3.63, 3.8) is 0 Å². The van der Waals surface area contributed by atoms with Crippen LogP contribution in [0.2, 0.25) is 0 Å². The lowest BCUT2D eigenvalue weighted by atomic mass is 10.1. The van der Waals surface area contributed by atoms with Crippen LogP contribution in [-0.2, 0) is 16.6 Å². The molecule has 0 saturated carbocycles. The smallest absolute Gasteiger partial charge is 0.241 e. The molecule has 0 aliphatic carbocycles.